The molecule has 0 radical (unpaired) electrons. The van der Waals surface area contributed by atoms with Crippen LogP contribution in [0, 0.1) is 19.8 Å². The summed E-state index contributed by atoms with van der Waals surface area (Å²) in [5.74, 6) is 1.73. The molecule has 23 heavy (non-hydrogen) atoms. The Morgan fingerprint density at radius 3 is 2.61 bits per heavy atom. The van der Waals surface area contributed by atoms with Crippen LogP contribution < -0.4 is 5.32 Å². The average molecular weight is 312 g/mol. The molecular weight excluding hydrogens is 284 g/mol. The van der Waals surface area contributed by atoms with Gasteiger partial charge in [0.2, 0.25) is 0 Å². The Labute approximate surface area is 139 Å². The van der Waals surface area contributed by atoms with Gasteiger partial charge in [-0.3, -0.25) is 0 Å². The lowest BCUT2D eigenvalue weighted by atomic mass is 9.96. The molecule has 1 fully saturated rings. The molecule has 0 atom stereocenters. The fourth-order valence-electron chi connectivity index (χ4n) is 3.43. The van der Waals surface area contributed by atoms with E-state index in [1.165, 1.54) is 50.0 Å². The number of hydrogen-bond donors (Lipinski definition) is 1. The molecule has 0 aliphatic carbocycles. The minimum Gasteiger partial charge on any atom is -0.369 e. The summed E-state index contributed by atoms with van der Waals surface area (Å²) in [5, 5.41) is 4.72. The van der Waals surface area contributed by atoms with Crippen molar-refractivity contribution in [3.63, 3.8) is 0 Å². The Bertz CT molecular complexity index is 660. The first-order chi connectivity index (χ1) is 11.2. The Hall–Kier alpha value is -1.68. The molecule has 1 aliphatic heterocycles. The third kappa shape index (κ3) is 3.81. The van der Waals surface area contributed by atoms with Crippen molar-refractivity contribution in [3.05, 3.63) is 29.6 Å². The summed E-state index contributed by atoms with van der Waals surface area (Å²) >= 11 is 0. The second kappa shape index (κ2) is 7.26. The Morgan fingerprint density at radius 2 is 1.87 bits per heavy atom. The molecule has 0 spiro atoms. The van der Waals surface area contributed by atoms with E-state index in [-0.39, 0.29) is 0 Å². The van der Waals surface area contributed by atoms with E-state index < -0.39 is 0 Å². The molecule has 3 rings (SSSR count). The predicted molar refractivity (Wildman–Crippen MR) is 97.0 cm³/mol. The zero-order chi connectivity index (χ0) is 16.2. The largest absolute Gasteiger partial charge is 0.369 e. The molecule has 1 N–H and O–H groups in total. The van der Waals surface area contributed by atoms with Crippen molar-refractivity contribution in [1.82, 2.24) is 14.9 Å². The first-order valence-corrected chi connectivity index (χ1v) is 8.85. The van der Waals surface area contributed by atoms with Crippen LogP contribution in [0.5, 0.6) is 0 Å². The molecule has 2 aromatic rings. The fourth-order valence-corrected chi connectivity index (χ4v) is 3.43. The van der Waals surface area contributed by atoms with E-state index in [1.54, 1.807) is 6.33 Å². The minimum absolute atomic E-state index is 0.750. The van der Waals surface area contributed by atoms with Crippen molar-refractivity contribution >= 4 is 16.7 Å². The lowest BCUT2D eigenvalue weighted by molar-refractivity contribution is 0.190. The lowest BCUT2D eigenvalue weighted by Gasteiger charge is -2.31. The molecule has 0 unspecified atom stereocenters. The van der Waals surface area contributed by atoms with Crippen molar-refractivity contribution in [2.75, 3.05) is 31.5 Å². The van der Waals surface area contributed by atoms with Crippen LogP contribution in [0.4, 0.5) is 5.82 Å². The van der Waals surface area contributed by atoms with Crippen LogP contribution in [0.25, 0.3) is 10.9 Å². The van der Waals surface area contributed by atoms with Crippen molar-refractivity contribution in [2.45, 2.75) is 40.0 Å². The summed E-state index contributed by atoms with van der Waals surface area (Å²) in [7, 11) is 0. The number of aromatic nitrogens is 2. The molecule has 0 saturated carbocycles. The lowest BCUT2D eigenvalue weighted by Crippen LogP contribution is -2.36. The van der Waals surface area contributed by atoms with Crippen LogP contribution in [-0.4, -0.2) is 41.0 Å². The molecule has 124 valence electrons. The van der Waals surface area contributed by atoms with Crippen LogP contribution in [0.15, 0.2) is 18.5 Å². The molecular formula is C19H28N4. The van der Waals surface area contributed by atoms with Gasteiger partial charge in [0, 0.05) is 11.9 Å². The van der Waals surface area contributed by atoms with E-state index in [0.717, 1.165) is 29.2 Å². The van der Waals surface area contributed by atoms with Gasteiger partial charge in [-0.05, 0) is 81.9 Å². The summed E-state index contributed by atoms with van der Waals surface area (Å²) in [5.41, 5.74) is 3.61. The number of benzene rings is 1. The maximum absolute atomic E-state index is 4.47. The Balaban J connectivity index is 1.65. The first kappa shape index (κ1) is 16.2. The highest BCUT2D eigenvalue weighted by molar-refractivity contribution is 5.89. The highest BCUT2D eigenvalue weighted by Gasteiger charge is 2.18. The van der Waals surface area contributed by atoms with Crippen molar-refractivity contribution in [2.24, 2.45) is 5.92 Å². The summed E-state index contributed by atoms with van der Waals surface area (Å²) in [6.07, 6.45) is 5.50. The Kier molecular flexibility index (Phi) is 5.11. The van der Waals surface area contributed by atoms with E-state index in [4.69, 9.17) is 0 Å². The molecule has 0 amide bonds. The zero-order valence-electron chi connectivity index (χ0n) is 14.6. The van der Waals surface area contributed by atoms with Gasteiger partial charge in [0.05, 0.1) is 5.52 Å². The number of nitrogens with one attached hydrogen (secondary N) is 1. The smallest absolute Gasteiger partial charge is 0.137 e. The number of likely N-dealkylation sites (tertiary alicyclic amines) is 1. The number of aryl methyl sites for hydroxylation is 2. The number of hydrogen-bond acceptors (Lipinski definition) is 4. The van der Waals surface area contributed by atoms with E-state index in [9.17, 15) is 0 Å². The van der Waals surface area contributed by atoms with Crippen molar-refractivity contribution < 1.29 is 0 Å². The SMILES string of the molecule is CCCN1CCC(CNc2ncnc3cc(C)c(C)cc23)CC1. The van der Waals surface area contributed by atoms with Gasteiger partial charge in [-0.25, -0.2) is 9.97 Å². The van der Waals surface area contributed by atoms with E-state index in [0.29, 0.717) is 0 Å². The number of nitrogens with zero attached hydrogens (tertiary/aromatic N) is 3. The van der Waals surface area contributed by atoms with Gasteiger partial charge in [-0.1, -0.05) is 6.92 Å². The van der Waals surface area contributed by atoms with Gasteiger partial charge in [0.25, 0.3) is 0 Å². The second-order valence-electron chi connectivity index (χ2n) is 6.84. The molecule has 1 aromatic carbocycles. The normalized spacial score (nSPS) is 16.8. The Morgan fingerprint density at radius 1 is 1.13 bits per heavy atom. The van der Waals surface area contributed by atoms with Crippen molar-refractivity contribution in [1.29, 1.82) is 0 Å². The molecule has 0 bridgehead atoms. The van der Waals surface area contributed by atoms with Gasteiger partial charge in [0.1, 0.15) is 12.1 Å². The number of rotatable bonds is 5. The summed E-state index contributed by atoms with van der Waals surface area (Å²) < 4.78 is 0. The molecule has 1 aromatic heterocycles. The highest BCUT2D eigenvalue weighted by atomic mass is 15.1. The summed E-state index contributed by atoms with van der Waals surface area (Å²) in [6, 6.07) is 4.36. The second-order valence-corrected chi connectivity index (χ2v) is 6.84. The summed E-state index contributed by atoms with van der Waals surface area (Å²) in [4.78, 5) is 11.5. The van der Waals surface area contributed by atoms with Crippen LogP contribution >= 0.6 is 0 Å². The molecule has 2 heterocycles. The standard InChI is InChI=1S/C19H28N4/c1-4-7-23-8-5-16(6-9-23)12-20-19-17-10-14(2)15(3)11-18(17)21-13-22-19/h10-11,13,16H,4-9,12H2,1-3H3,(H,20,21,22). The van der Waals surface area contributed by atoms with E-state index in [2.05, 4.69) is 53.1 Å². The fraction of sp³-hybridized carbons (Fsp3) is 0.579. The predicted octanol–water partition coefficient (Wildman–Crippen LogP) is 3.78. The van der Waals surface area contributed by atoms with Crippen LogP contribution in [0.3, 0.4) is 0 Å². The maximum atomic E-state index is 4.47. The number of piperidine rings is 1. The van der Waals surface area contributed by atoms with Crippen LogP contribution in [0.2, 0.25) is 0 Å². The van der Waals surface area contributed by atoms with Gasteiger partial charge in [-0.15, -0.1) is 0 Å². The van der Waals surface area contributed by atoms with Gasteiger partial charge in [0.15, 0.2) is 0 Å². The van der Waals surface area contributed by atoms with Gasteiger partial charge in [-0.2, -0.15) is 0 Å². The first-order valence-electron chi connectivity index (χ1n) is 8.85. The van der Waals surface area contributed by atoms with Gasteiger partial charge >= 0.3 is 0 Å². The van der Waals surface area contributed by atoms with E-state index >= 15 is 0 Å². The topological polar surface area (TPSA) is 41.0 Å². The summed E-state index contributed by atoms with van der Waals surface area (Å²) in [6.45, 7) is 11.3. The monoisotopic (exact) mass is 312 g/mol. The number of anilines is 1. The van der Waals surface area contributed by atoms with Gasteiger partial charge < -0.3 is 10.2 Å². The number of fused-ring (bicyclic) bond motifs is 1. The highest BCUT2D eigenvalue weighted by Crippen LogP contribution is 2.24. The molecule has 4 nitrogen and oxygen atoms in total. The van der Waals surface area contributed by atoms with E-state index in [1.807, 2.05) is 0 Å². The zero-order valence-corrected chi connectivity index (χ0v) is 14.6. The maximum Gasteiger partial charge on any atom is 0.137 e. The third-order valence-corrected chi connectivity index (χ3v) is 5.06. The third-order valence-electron chi connectivity index (χ3n) is 5.06. The average Bonchev–Trinajstić information content (AvgIpc) is 2.56. The molecule has 1 aliphatic rings. The quantitative estimate of drug-likeness (QED) is 0.912. The molecule has 1 saturated heterocycles. The van der Waals surface area contributed by atoms with Crippen LogP contribution in [-0.2, 0) is 0 Å². The minimum atomic E-state index is 0.750. The molecule has 4 heteroatoms. The van der Waals surface area contributed by atoms with Crippen LogP contribution in [0.1, 0.15) is 37.3 Å². The van der Waals surface area contributed by atoms with Crippen molar-refractivity contribution in [3.8, 4) is 0 Å².